The van der Waals surface area contributed by atoms with E-state index in [-0.39, 0.29) is 11.2 Å². The molecule has 4 nitrogen and oxygen atoms in total. The van der Waals surface area contributed by atoms with E-state index in [1.807, 2.05) is 44.4 Å². The molecule has 112 valence electrons. The summed E-state index contributed by atoms with van der Waals surface area (Å²) in [5, 5.41) is 10.9. The van der Waals surface area contributed by atoms with Crippen LogP contribution in [0.1, 0.15) is 18.1 Å². The standard InChI is InChI=1S/C14H17N3OS3/c1-9-4-6-11(7-5-9)8-15-12(18)10(2)20-14-17-16-13(19-3)21-14/h4-7,10H,8H2,1-3H3,(H,15,18)/t10-/m0/s1. The Hall–Kier alpha value is -1.05. The Morgan fingerprint density at radius 1 is 1.29 bits per heavy atom. The Labute approximate surface area is 137 Å². The van der Waals surface area contributed by atoms with Gasteiger partial charge in [-0.25, -0.2) is 0 Å². The second-order valence-electron chi connectivity index (χ2n) is 4.50. The minimum atomic E-state index is -0.182. The number of rotatable bonds is 6. The third kappa shape index (κ3) is 5.01. The maximum atomic E-state index is 12.1. The van der Waals surface area contributed by atoms with E-state index in [1.165, 1.54) is 28.7 Å². The molecular formula is C14H17N3OS3. The third-order valence-electron chi connectivity index (χ3n) is 2.80. The zero-order valence-electron chi connectivity index (χ0n) is 12.1. The van der Waals surface area contributed by atoms with Gasteiger partial charge in [0, 0.05) is 6.54 Å². The molecule has 0 aliphatic carbocycles. The molecule has 7 heteroatoms. The van der Waals surface area contributed by atoms with Crippen LogP contribution < -0.4 is 5.32 Å². The second kappa shape index (κ2) is 7.82. The molecule has 0 bridgehead atoms. The molecule has 0 saturated heterocycles. The number of nitrogens with one attached hydrogen (secondary N) is 1. The molecule has 0 spiro atoms. The van der Waals surface area contributed by atoms with Gasteiger partial charge in [0.1, 0.15) is 0 Å². The number of carbonyl (C=O) groups excluding carboxylic acids is 1. The first-order valence-corrected chi connectivity index (χ1v) is 9.38. The summed E-state index contributed by atoms with van der Waals surface area (Å²) in [6.07, 6.45) is 1.96. The molecule has 0 unspecified atom stereocenters. The van der Waals surface area contributed by atoms with E-state index in [1.54, 1.807) is 11.8 Å². The number of aryl methyl sites for hydroxylation is 1. The number of nitrogens with zero attached hydrogens (tertiary/aromatic N) is 2. The molecule has 0 radical (unpaired) electrons. The summed E-state index contributed by atoms with van der Waals surface area (Å²) in [4.78, 5) is 12.1. The summed E-state index contributed by atoms with van der Waals surface area (Å²) in [7, 11) is 0. The van der Waals surface area contributed by atoms with Gasteiger partial charge in [0.25, 0.3) is 0 Å². The van der Waals surface area contributed by atoms with Crippen LogP contribution in [0.2, 0.25) is 0 Å². The number of hydrogen-bond acceptors (Lipinski definition) is 6. The summed E-state index contributed by atoms with van der Waals surface area (Å²) < 4.78 is 1.75. The van der Waals surface area contributed by atoms with Crippen molar-refractivity contribution < 1.29 is 4.79 Å². The number of carbonyl (C=O) groups is 1. The molecule has 21 heavy (non-hydrogen) atoms. The molecule has 2 rings (SSSR count). The number of hydrogen-bond donors (Lipinski definition) is 1. The fraction of sp³-hybridized carbons (Fsp3) is 0.357. The van der Waals surface area contributed by atoms with Gasteiger partial charge in [-0.2, -0.15) is 0 Å². The minimum Gasteiger partial charge on any atom is -0.351 e. The highest BCUT2D eigenvalue weighted by Gasteiger charge is 2.16. The maximum absolute atomic E-state index is 12.1. The van der Waals surface area contributed by atoms with E-state index in [2.05, 4.69) is 15.5 Å². The van der Waals surface area contributed by atoms with Crippen LogP contribution in [0.3, 0.4) is 0 Å². The first kappa shape index (κ1) is 16.3. The van der Waals surface area contributed by atoms with E-state index in [4.69, 9.17) is 0 Å². The van der Waals surface area contributed by atoms with Crippen molar-refractivity contribution in [3.8, 4) is 0 Å². The topological polar surface area (TPSA) is 54.9 Å². The molecule has 0 aliphatic heterocycles. The Morgan fingerprint density at radius 3 is 2.57 bits per heavy atom. The van der Waals surface area contributed by atoms with E-state index in [0.717, 1.165) is 14.2 Å². The van der Waals surface area contributed by atoms with E-state index in [0.29, 0.717) is 6.54 Å². The van der Waals surface area contributed by atoms with Crippen molar-refractivity contribution >= 4 is 40.8 Å². The monoisotopic (exact) mass is 339 g/mol. The van der Waals surface area contributed by atoms with E-state index >= 15 is 0 Å². The lowest BCUT2D eigenvalue weighted by molar-refractivity contribution is -0.120. The van der Waals surface area contributed by atoms with Gasteiger partial charge in [-0.05, 0) is 25.7 Å². The van der Waals surface area contributed by atoms with Crippen molar-refractivity contribution in [2.45, 2.75) is 34.3 Å². The average Bonchev–Trinajstić information content (AvgIpc) is 2.94. The van der Waals surface area contributed by atoms with Crippen LogP contribution in [0, 0.1) is 6.92 Å². The number of thioether (sulfide) groups is 2. The first-order valence-electron chi connectivity index (χ1n) is 6.46. The molecule has 0 saturated carbocycles. The molecule has 0 aliphatic rings. The van der Waals surface area contributed by atoms with Gasteiger partial charge in [-0.3, -0.25) is 4.79 Å². The van der Waals surface area contributed by atoms with Gasteiger partial charge in [-0.1, -0.05) is 64.7 Å². The Kier molecular flexibility index (Phi) is 6.08. The summed E-state index contributed by atoms with van der Waals surface area (Å²) in [6.45, 7) is 4.48. The van der Waals surface area contributed by atoms with Crippen LogP contribution in [-0.2, 0) is 11.3 Å². The fourth-order valence-electron chi connectivity index (χ4n) is 1.57. The summed E-state index contributed by atoms with van der Waals surface area (Å²) in [6, 6.07) is 8.15. The zero-order valence-corrected chi connectivity index (χ0v) is 14.6. The second-order valence-corrected chi connectivity index (χ2v) is 8.12. The van der Waals surface area contributed by atoms with Gasteiger partial charge in [0.15, 0.2) is 8.68 Å². The average molecular weight is 340 g/mol. The molecule has 0 fully saturated rings. The highest BCUT2D eigenvalue weighted by molar-refractivity contribution is 8.03. The quantitative estimate of drug-likeness (QED) is 0.818. The van der Waals surface area contributed by atoms with Gasteiger partial charge < -0.3 is 5.32 Å². The fourth-order valence-corrected chi connectivity index (χ4v) is 4.18. The van der Waals surface area contributed by atoms with Gasteiger partial charge in [-0.15, -0.1) is 10.2 Å². The smallest absolute Gasteiger partial charge is 0.233 e. The number of aromatic nitrogens is 2. The Balaban J connectivity index is 1.83. The molecular weight excluding hydrogens is 322 g/mol. The minimum absolute atomic E-state index is 0.0153. The van der Waals surface area contributed by atoms with Crippen LogP contribution in [-0.4, -0.2) is 27.6 Å². The SMILES string of the molecule is CSc1nnc(S[C@@H](C)C(=O)NCc2ccc(C)cc2)s1. The molecule has 1 aromatic heterocycles. The van der Waals surface area contributed by atoms with Crippen LogP contribution in [0.25, 0.3) is 0 Å². The lowest BCUT2D eigenvalue weighted by Crippen LogP contribution is -2.30. The normalized spacial score (nSPS) is 12.1. The number of amides is 1. The van der Waals surface area contributed by atoms with Crippen molar-refractivity contribution in [1.82, 2.24) is 15.5 Å². The van der Waals surface area contributed by atoms with Crippen molar-refractivity contribution in [1.29, 1.82) is 0 Å². The molecule has 1 N–H and O–H groups in total. The first-order chi connectivity index (χ1) is 10.1. The van der Waals surface area contributed by atoms with Crippen LogP contribution in [0.15, 0.2) is 32.9 Å². The zero-order chi connectivity index (χ0) is 15.2. The highest BCUT2D eigenvalue weighted by atomic mass is 32.2. The number of benzene rings is 1. The predicted molar refractivity (Wildman–Crippen MR) is 90.0 cm³/mol. The van der Waals surface area contributed by atoms with E-state index < -0.39 is 0 Å². The van der Waals surface area contributed by atoms with Crippen molar-refractivity contribution in [3.05, 3.63) is 35.4 Å². The van der Waals surface area contributed by atoms with Crippen LogP contribution in [0.5, 0.6) is 0 Å². The lowest BCUT2D eigenvalue weighted by Gasteiger charge is -2.10. The Bertz CT molecular complexity index is 598. The lowest BCUT2D eigenvalue weighted by atomic mass is 10.1. The van der Waals surface area contributed by atoms with Crippen LogP contribution in [0.4, 0.5) is 0 Å². The third-order valence-corrected chi connectivity index (χ3v) is 5.88. The van der Waals surface area contributed by atoms with Gasteiger partial charge in [0.05, 0.1) is 5.25 Å². The highest BCUT2D eigenvalue weighted by Crippen LogP contribution is 2.30. The van der Waals surface area contributed by atoms with Gasteiger partial charge >= 0.3 is 0 Å². The van der Waals surface area contributed by atoms with Crippen molar-refractivity contribution in [2.75, 3.05) is 6.26 Å². The summed E-state index contributed by atoms with van der Waals surface area (Å²) in [5.74, 6) is 0.0153. The van der Waals surface area contributed by atoms with Crippen LogP contribution >= 0.6 is 34.9 Å². The maximum Gasteiger partial charge on any atom is 0.233 e. The van der Waals surface area contributed by atoms with Crippen molar-refractivity contribution in [2.24, 2.45) is 0 Å². The van der Waals surface area contributed by atoms with Gasteiger partial charge in [0.2, 0.25) is 5.91 Å². The Morgan fingerprint density at radius 2 is 1.95 bits per heavy atom. The molecule has 1 atom stereocenters. The molecule has 2 aromatic rings. The summed E-state index contributed by atoms with van der Waals surface area (Å²) in [5.41, 5.74) is 2.32. The van der Waals surface area contributed by atoms with Crippen molar-refractivity contribution in [3.63, 3.8) is 0 Å². The predicted octanol–water partition coefficient (Wildman–Crippen LogP) is 3.37. The summed E-state index contributed by atoms with van der Waals surface area (Å²) >= 11 is 4.53. The molecule has 1 heterocycles. The van der Waals surface area contributed by atoms with E-state index in [9.17, 15) is 4.79 Å². The molecule has 1 amide bonds. The largest absolute Gasteiger partial charge is 0.351 e. The molecule has 1 aromatic carbocycles.